The van der Waals surface area contributed by atoms with Gasteiger partial charge in [-0.05, 0) is 38.3 Å². The van der Waals surface area contributed by atoms with E-state index in [0.29, 0.717) is 22.9 Å². The summed E-state index contributed by atoms with van der Waals surface area (Å²) >= 11 is 1.43. The molecule has 4 heterocycles. The van der Waals surface area contributed by atoms with Gasteiger partial charge in [0.15, 0.2) is 16.3 Å². The van der Waals surface area contributed by atoms with Crippen LogP contribution in [-0.4, -0.2) is 37.2 Å². The second kappa shape index (κ2) is 8.07. The summed E-state index contributed by atoms with van der Waals surface area (Å²) in [6, 6.07) is 3.80. The van der Waals surface area contributed by atoms with Gasteiger partial charge < -0.3 is 4.90 Å². The summed E-state index contributed by atoms with van der Waals surface area (Å²) in [6.45, 7) is 4.13. The summed E-state index contributed by atoms with van der Waals surface area (Å²) in [5.74, 6) is 6.80. The fourth-order valence-corrected chi connectivity index (χ4v) is 4.20. The maximum Gasteiger partial charge on any atom is 0.280 e. The standard InChI is InChI=1S/C20H22N6OS/c1-3-4-14-26-16-17(22-19(26)25-12-6-5-7-13-25)23-20(24(2)18(16)27)28-15-8-10-21-11-9-15/h8-11H,5-7,12-14H2,1-2H3. The smallest absolute Gasteiger partial charge is 0.280 e. The molecule has 0 aromatic carbocycles. The van der Waals surface area contributed by atoms with Gasteiger partial charge in [-0.1, -0.05) is 17.7 Å². The van der Waals surface area contributed by atoms with Crippen molar-refractivity contribution >= 4 is 28.9 Å². The van der Waals surface area contributed by atoms with Gasteiger partial charge in [-0.25, -0.2) is 4.98 Å². The van der Waals surface area contributed by atoms with Crippen LogP contribution in [-0.2, 0) is 13.6 Å². The van der Waals surface area contributed by atoms with Crippen molar-refractivity contribution in [1.29, 1.82) is 0 Å². The van der Waals surface area contributed by atoms with Crippen molar-refractivity contribution in [2.75, 3.05) is 18.0 Å². The molecule has 8 heteroatoms. The molecule has 0 aliphatic carbocycles. The Kier molecular flexibility index (Phi) is 5.35. The molecule has 1 aliphatic heterocycles. The Bertz CT molecular complexity index is 1100. The van der Waals surface area contributed by atoms with Crippen LogP contribution < -0.4 is 10.5 Å². The van der Waals surface area contributed by atoms with Crippen LogP contribution in [0.25, 0.3) is 11.2 Å². The molecule has 3 aromatic heterocycles. The number of pyridine rings is 1. The third-order valence-corrected chi connectivity index (χ3v) is 5.89. The lowest BCUT2D eigenvalue weighted by Crippen LogP contribution is -2.32. The van der Waals surface area contributed by atoms with Gasteiger partial charge in [0.2, 0.25) is 5.95 Å². The number of piperidine rings is 1. The topological polar surface area (TPSA) is 68.8 Å². The van der Waals surface area contributed by atoms with Crippen LogP contribution in [0.4, 0.5) is 5.95 Å². The van der Waals surface area contributed by atoms with Crippen LogP contribution >= 0.6 is 11.8 Å². The molecule has 144 valence electrons. The van der Waals surface area contributed by atoms with Crippen molar-refractivity contribution in [1.82, 2.24) is 24.1 Å². The lowest BCUT2D eigenvalue weighted by atomic mass is 10.1. The number of hydrogen-bond donors (Lipinski definition) is 0. The quantitative estimate of drug-likeness (QED) is 0.501. The Balaban J connectivity index is 1.85. The first-order valence-electron chi connectivity index (χ1n) is 9.38. The molecule has 0 unspecified atom stereocenters. The number of imidazole rings is 1. The minimum atomic E-state index is -0.102. The number of anilines is 1. The summed E-state index contributed by atoms with van der Waals surface area (Å²) in [7, 11) is 1.75. The SMILES string of the molecule is CC#CCn1c(N2CCCCC2)nc2nc(Sc3ccncc3)n(C)c(=O)c21. The van der Waals surface area contributed by atoms with E-state index in [1.807, 2.05) is 16.7 Å². The number of hydrogen-bond acceptors (Lipinski definition) is 6. The molecule has 0 radical (unpaired) electrons. The van der Waals surface area contributed by atoms with Gasteiger partial charge >= 0.3 is 0 Å². The molecule has 0 bridgehead atoms. The van der Waals surface area contributed by atoms with E-state index in [9.17, 15) is 4.79 Å². The van der Waals surface area contributed by atoms with Gasteiger partial charge in [-0.3, -0.25) is 18.9 Å². The first-order chi connectivity index (χ1) is 13.7. The largest absolute Gasteiger partial charge is 0.342 e. The Morgan fingerprint density at radius 3 is 2.61 bits per heavy atom. The highest BCUT2D eigenvalue weighted by atomic mass is 32.2. The Labute approximate surface area is 167 Å². The van der Waals surface area contributed by atoms with Gasteiger partial charge in [0.1, 0.15) is 0 Å². The first-order valence-corrected chi connectivity index (χ1v) is 10.2. The second-order valence-corrected chi connectivity index (χ2v) is 7.73. The normalized spacial score (nSPS) is 14.1. The van der Waals surface area contributed by atoms with Crippen molar-refractivity contribution in [2.45, 2.75) is 42.8 Å². The van der Waals surface area contributed by atoms with E-state index in [1.165, 1.54) is 18.2 Å². The Morgan fingerprint density at radius 1 is 1.14 bits per heavy atom. The molecule has 0 saturated carbocycles. The second-order valence-electron chi connectivity index (χ2n) is 6.69. The van der Waals surface area contributed by atoms with Crippen molar-refractivity contribution < 1.29 is 0 Å². The Morgan fingerprint density at radius 2 is 1.89 bits per heavy atom. The van der Waals surface area contributed by atoms with E-state index >= 15 is 0 Å². The zero-order valence-corrected chi connectivity index (χ0v) is 16.9. The number of aromatic nitrogens is 5. The summed E-state index contributed by atoms with van der Waals surface area (Å²) in [4.78, 5) is 29.9. The van der Waals surface area contributed by atoms with E-state index in [0.717, 1.165) is 36.8 Å². The van der Waals surface area contributed by atoms with Crippen LogP contribution in [0.15, 0.2) is 39.4 Å². The summed E-state index contributed by atoms with van der Waals surface area (Å²) < 4.78 is 3.51. The van der Waals surface area contributed by atoms with Gasteiger partial charge in [-0.2, -0.15) is 4.98 Å². The fraction of sp³-hybridized carbons (Fsp3) is 0.400. The van der Waals surface area contributed by atoms with Gasteiger partial charge in [0, 0.05) is 37.4 Å². The number of rotatable bonds is 4. The minimum absolute atomic E-state index is 0.102. The molecule has 0 spiro atoms. The molecular weight excluding hydrogens is 372 g/mol. The van der Waals surface area contributed by atoms with Crippen LogP contribution in [0.5, 0.6) is 0 Å². The fourth-order valence-electron chi connectivity index (χ4n) is 3.38. The monoisotopic (exact) mass is 394 g/mol. The molecule has 28 heavy (non-hydrogen) atoms. The number of nitrogens with zero attached hydrogens (tertiary/aromatic N) is 6. The highest BCUT2D eigenvalue weighted by Gasteiger charge is 2.23. The molecular formula is C20H22N6OS. The maximum atomic E-state index is 13.2. The van der Waals surface area contributed by atoms with E-state index < -0.39 is 0 Å². The molecule has 3 aromatic rings. The predicted octanol–water partition coefficient (Wildman–Crippen LogP) is 2.69. The lowest BCUT2D eigenvalue weighted by Gasteiger charge is -2.27. The molecule has 1 aliphatic rings. The molecule has 4 rings (SSSR count). The molecule has 1 saturated heterocycles. The molecule has 7 nitrogen and oxygen atoms in total. The molecule has 0 N–H and O–H groups in total. The van der Waals surface area contributed by atoms with Crippen LogP contribution in [0, 0.1) is 11.8 Å². The van der Waals surface area contributed by atoms with Crippen LogP contribution in [0.3, 0.4) is 0 Å². The van der Waals surface area contributed by atoms with E-state index in [1.54, 1.807) is 30.9 Å². The summed E-state index contributed by atoms with van der Waals surface area (Å²) in [5.41, 5.74) is 0.901. The van der Waals surface area contributed by atoms with E-state index in [4.69, 9.17) is 9.97 Å². The first kappa shape index (κ1) is 18.6. The molecule has 1 fully saturated rings. The van der Waals surface area contributed by atoms with Gasteiger partial charge in [-0.15, -0.1) is 5.92 Å². The van der Waals surface area contributed by atoms with Crippen LogP contribution in [0.2, 0.25) is 0 Å². The average molecular weight is 395 g/mol. The number of fused-ring (bicyclic) bond motifs is 1. The maximum absolute atomic E-state index is 13.2. The summed E-state index contributed by atoms with van der Waals surface area (Å²) in [5, 5.41) is 0.611. The molecule has 0 amide bonds. The zero-order chi connectivity index (χ0) is 19.5. The van der Waals surface area contributed by atoms with Gasteiger partial charge in [0.05, 0.1) is 6.54 Å². The minimum Gasteiger partial charge on any atom is -0.342 e. The third kappa shape index (κ3) is 3.50. The molecule has 0 atom stereocenters. The summed E-state index contributed by atoms with van der Waals surface area (Å²) in [6.07, 6.45) is 6.96. The lowest BCUT2D eigenvalue weighted by molar-refractivity contribution is 0.561. The predicted molar refractivity (Wildman–Crippen MR) is 111 cm³/mol. The van der Waals surface area contributed by atoms with Crippen molar-refractivity contribution in [3.8, 4) is 11.8 Å². The highest BCUT2D eigenvalue weighted by molar-refractivity contribution is 7.99. The van der Waals surface area contributed by atoms with Crippen molar-refractivity contribution in [3.05, 3.63) is 34.9 Å². The van der Waals surface area contributed by atoms with E-state index in [-0.39, 0.29) is 5.56 Å². The van der Waals surface area contributed by atoms with E-state index in [2.05, 4.69) is 21.7 Å². The zero-order valence-electron chi connectivity index (χ0n) is 16.1. The Hall–Kier alpha value is -2.79. The highest BCUT2D eigenvalue weighted by Crippen LogP contribution is 2.27. The van der Waals surface area contributed by atoms with Gasteiger partial charge in [0.25, 0.3) is 5.56 Å². The van der Waals surface area contributed by atoms with Crippen molar-refractivity contribution in [3.63, 3.8) is 0 Å². The van der Waals surface area contributed by atoms with Crippen molar-refractivity contribution in [2.24, 2.45) is 7.05 Å². The third-order valence-electron chi connectivity index (χ3n) is 4.84. The van der Waals surface area contributed by atoms with Crippen LogP contribution in [0.1, 0.15) is 26.2 Å². The average Bonchev–Trinajstić information content (AvgIpc) is 3.10.